The first-order chi connectivity index (χ1) is 12.7. The highest BCUT2D eigenvalue weighted by Gasteiger charge is 2.17. The van der Waals surface area contributed by atoms with E-state index in [0.29, 0.717) is 17.1 Å². The summed E-state index contributed by atoms with van der Waals surface area (Å²) >= 11 is 0. The van der Waals surface area contributed by atoms with Gasteiger partial charge in [0, 0.05) is 5.69 Å². The average Bonchev–Trinajstić information content (AvgIpc) is 2.55. The minimum atomic E-state index is -3.82. The van der Waals surface area contributed by atoms with Crippen LogP contribution in [0.4, 0.5) is 21.6 Å². The normalized spacial score (nSPS) is 11.3. The van der Waals surface area contributed by atoms with Crippen LogP contribution in [0.3, 0.4) is 0 Å². The van der Waals surface area contributed by atoms with Gasteiger partial charge in [-0.1, -0.05) is 6.07 Å². The molecule has 0 atom stereocenters. The van der Waals surface area contributed by atoms with Crippen LogP contribution in [-0.4, -0.2) is 13.4 Å². The van der Waals surface area contributed by atoms with Crippen LogP contribution in [0, 0.1) is 26.6 Å². The second kappa shape index (κ2) is 7.36. The number of aryl methyl sites for hydroxylation is 3. The van der Waals surface area contributed by atoms with E-state index in [2.05, 4.69) is 21.1 Å². The van der Waals surface area contributed by atoms with Crippen molar-refractivity contribution in [3.63, 3.8) is 0 Å². The standard InChI is InChI=1S/C20H20FN3O2S/c1-13-8-14(2)10-18(9-13)23-20-7-5-17(12-22-20)24-27(25,26)19-6-4-16(21)11-15(19)3/h4-12,24H,1-3H3,(H,22,23). The molecule has 0 saturated heterocycles. The predicted octanol–water partition coefficient (Wildman–Crippen LogP) is 4.69. The van der Waals surface area contributed by atoms with Crippen molar-refractivity contribution in [2.24, 2.45) is 0 Å². The Labute approximate surface area is 158 Å². The largest absolute Gasteiger partial charge is 0.340 e. The van der Waals surface area contributed by atoms with Crippen molar-refractivity contribution in [1.82, 2.24) is 4.98 Å². The van der Waals surface area contributed by atoms with E-state index in [1.165, 1.54) is 18.3 Å². The van der Waals surface area contributed by atoms with Crippen LogP contribution in [0.1, 0.15) is 16.7 Å². The van der Waals surface area contributed by atoms with E-state index in [-0.39, 0.29) is 4.90 Å². The quantitative estimate of drug-likeness (QED) is 0.668. The van der Waals surface area contributed by atoms with Gasteiger partial charge in [0.15, 0.2) is 0 Å². The third-order valence-corrected chi connectivity index (χ3v) is 5.48. The third kappa shape index (κ3) is 4.62. The summed E-state index contributed by atoms with van der Waals surface area (Å²) in [4.78, 5) is 4.28. The maximum Gasteiger partial charge on any atom is 0.262 e. The van der Waals surface area contributed by atoms with Crippen LogP contribution in [0.5, 0.6) is 0 Å². The molecule has 0 bridgehead atoms. The topological polar surface area (TPSA) is 71.1 Å². The summed E-state index contributed by atoms with van der Waals surface area (Å²) in [5.41, 5.74) is 3.84. The molecule has 1 aromatic heterocycles. The highest BCUT2D eigenvalue weighted by atomic mass is 32.2. The van der Waals surface area contributed by atoms with Crippen molar-refractivity contribution in [1.29, 1.82) is 0 Å². The Morgan fingerprint density at radius 1 is 0.889 bits per heavy atom. The van der Waals surface area contributed by atoms with Gasteiger partial charge in [0.1, 0.15) is 11.6 Å². The molecule has 2 aromatic carbocycles. The summed E-state index contributed by atoms with van der Waals surface area (Å²) in [5, 5.41) is 3.19. The first-order valence-corrected chi connectivity index (χ1v) is 9.81. The molecule has 27 heavy (non-hydrogen) atoms. The van der Waals surface area contributed by atoms with Gasteiger partial charge in [0.2, 0.25) is 0 Å². The number of nitrogens with one attached hydrogen (secondary N) is 2. The van der Waals surface area contributed by atoms with Crippen LogP contribution < -0.4 is 10.0 Å². The summed E-state index contributed by atoms with van der Waals surface area (Å²) in [6.07, 6.45) is 1.43. The molecule has 0 radical (unpaired) electrons. The zero-order valence-corrected chi connectivity index (χ0v) is 16.1. The Kier molecular flexibility index (Phi) is 5.14. The van der Waals surface area contributed by atoms with E-state index >= 15 is 0 Å². The van der Waals surface area contributed by atoms with Crippen LogP contribution in [0.2, 0.25) is 0 Å². The molecule has 1 heterocycles. The molecule has 5 nitrogen and oxygen atoms in total. The van der Waals surface area contributed by atoms with Gasteiger partial charge in [-0.15, -0.1) is 0 Å². The lowest BCUT2D eigenvalue weighted by Gasteiger charge is -2.11. The van der Waals surface area contributed by atoms with Gasteiger partial charge in [-0.25, -0.2) is 17.8 Å². The Balaban J connectivity index is 1.77. The number of anilines is 3. The third-order valence-electron chi connectivity index (χ3n) is 3.94. The van der Waals surface area contributed by atoms with Crippen LogP contribution in [0.25, 0.3) is 0 Å². The molecule has 2 N–H and O–H groups in total. The van der Waals surface area contributed by atoms with Gasteiger partial charge in [-0.05, 0) is 79.9 Å². The lowest BCUT2D eigenvalue weighted by atomic mass is 10.1. The molecule has 0 aliphatic rings. The molecule has 0 aliphatic heterocycles. The second-order valence-corrected chi connectivity index (χ2v) is 8.10. The molecule has 0 amide bonds. The highest BCUT2D eigenvalue weighted by molar-refractivity contribution is 7.92. The molecule has 0 saturated carbocycles. The minimum absolute atomic E-state index is 0.0290. The Hall–Kier alpha value is -2.93. The number of aromatic nitrogens is 1. The summed E-state index contributed by atoms with van der Waals surface area (Å²) in [7, 11) is -3.82. The Morgan fingerprint density at radius 2 is 1.59 bits per heavy atom. The lowest BCUT2D eigenvalue weighted by Crippen LogP contribution is -2.14. The van der Waals surface area contributed by atoms with Gasteiger partial charge in [0.25, 0.3) is 10.0 Å². The monoisotopic (exact) mass is 385 g/mol. The van der Waals surface area contributed by atoms with Gasteiger partial charge < -0.3 is 5.32 Å². The highest BCUT2D eigenvalue weighted by Crippen LogP contribution is 2.22. The molecular formula is C20H20FN3O2S. The average molecular weight is 385 g/mol. The van der Waals surface area contributed by atoms with Crippen molar-refractivity contribution in [3.05, 3.63) is 77.2 Å². The van der Waals surface area contributed by atoms with Gasteiger partial charge in [-0.2, -0.15) is 0 Å². The number of benzene rings is 2. The van der Waals surface area contributed by atoms with E-state index in [0.717, 1.165) is 22.9 Å². The molecule has 3 aromatic rings. The summed E-state index contributed by atoms with van der Waals surface area (Å²) < 4.78 is 40.7. The number of hydrogen-bond donors (Lipinski definition) is 2. The molecule has 140 valence electrons. The van der Waals surface area contributed by atoms with Crippen molar-refractivity contribution >= 4 is 27.2 Å². The van der Waals surface area contributed by atoms with Gasteiger partial charge in [-0.3, -0.25) is 4.72 Å². The SMILES string of the molecule is Cc1cc(C)cc(Nc2ccc(NS(=O)(=O)c3ccc(F)cc3C)cn2)c1. The molecule has 0 unspecified atom stereocenters. The van der Waals surface area contributed by atoms with Crippen LogP contribution in [0.15, 0.2) is 59.6 Å². The Morgan fingerprint density at radius 3 is 2.19 bits per heavy atom. The lowest BCUT2D eigenvalue weighted by molar-refractivity contribution is 0.598. The van der Waals surface area contributed by atoms with Crippen LogP contribution >= 0.6 is 0 Å². The zero-order valence-electron chi connectivity index (χ0n) is 15.2. The van der Waals surface area contributed by atoms with E-state index < -0.39 is 15.8 Å². The van der Waals surface area contributed by atoms with Crippen LogP contribution in [-0.2, 0) is 10.0 Å². The van der Waals surface area contributed by atoms with Crippen molar-refractivity contribution in [2.75, 3.05) is 10.0 Å². The predicted molar refractivity (Wildman–Crippen MR) is 105 cm³/mol. The van der Waals surface area contributed by atoms with Gasteiger partial charge >= 0.3 is 0 Å². The molecule has 0 aliphatic carbocycles. The molecular weight excluding hydrogens is 365 g/mol. The summed E-state index contributed by atoms with van der Waals surface area (Å²) in [6.45, 7) is 5.58. The van der Waals surface area contributed by atoms with Gasteiger partial charge in [0.05, 0.1) is 16.8 Å². The number of halogens is 1. The fourth-order valence-corrected chi connectivity index (χ4v) is 4.12. The van der Waals surface area contributed by atoms with E-state index in [9.17, 15) is 12.8 Å². The van der Waals surface area contributed by atoms with E-state index in [1.807, 2.05) is 26.0 Å². The first kappa shape index (κ1) is 18.8. The smallest absolute Gasteiger partial charge is 0.262 e. The summed E-state index contributed by atoms with van der Waals surface area (Å²) in [6, 6.07) is 12.9. The minimum Gasteiger partial charge on any atom is -0.340 e. The molecule has 0 fully saturated rings. The second-order valence-electron chi connectivity index (χ2n) is 6.45. The van der Waals surface area contributed by atoms with E-state index in [4.69, 9.17) is 0 Å². The summed E-state index contributed by atoms with van der Waals surface area (Å²) in [5.74, 6) is 0.121. The number of rotatable bonds is 5. The number of sulfonamides is 1. The zero-order chi connectivity index (χ0) is 19.6. The maximum atomic E-state index is 13.2. The van der Waals surface area contributed by atoms with Crippen molar-refractivity contribution in [3.8, 4) is 0 Å². The van der Waals surface area contributed by atoms with E-state index in [1.54, 1.807) is 19.1 Å². The number of pyridine rings is 1. The maximum absolute atomic E-state index is 13.2. The fourth-order valence-electron chi connectivity index (χ4n) is 2.85. The number of hydrogen-bond acceptors (Lipinski definition) is 4. The molecule has 7 heteroatoms. The number of nitrogens with zero attached hydrogens (tertiary/aromatic N) is 1. The Bertz CT molecular complexity index is 1060. The fraction of sp³-hybridized carbons (Fsp3) is 0.150. The first-order valence-electron chi connectivity index (χ1n) is 8.33. The van der Waals surface area contributed by atoms with Crippen molar-refractivity contribution in [2.45, 2.75) is 25.7 Å². The molecule has 3 rings (SSSR count). The van der Waals surface area contributed by atoms with Crippen molar-refractivity contribution < 1.29 is 12.8 Å². The molecule has 0 spiro atoms.